The summed E-state index contributed by atoms with van der Waals surface area (Å²) in [6, 6.07) is -0.891. The minimum atomic E-state index is -1.07. The third-order valence-electron chi connectivity index (χ3n) is 2.24. The van der Waals surface area contributed by atoms with E-state index in [1.54, 1.807) is 0 Å². The highest BCUT2D eigenvalue weighted by Crippen LogP contribution is 1.98. The zero-order valence-corrected chi connectivity index (χ0v) is 9.35. The van der Waals surface area contributed by atoms with Gasteiger partial charge in [-0.25, -0.2) is 4.79 Å². The van der Waals surface area contributed by atoms with Gasteiger partial charge < -0.3 is 14.9 Å². The van der Waals surface area contributed by atoms with Crippen LogP contribution in [0, 0.1) is 0 Å². The van der Waals surface area contributed by atoms with Crippen LogP contribution in [0.4, 0.5) is 0 Å². The third-order valence-corrected chi connectivity index (χ3v) is 2.24. The first-order valence-corrected chi connectivity index (χ1v) is 4.47. The van der Waals surface area contributed by atoms with E-state index in [1.807, 2.05) is 0 Å². The molecular weight excluding hydrogens is 200 g/mol. The number of hydrogen-bond donors (Lipinski definition) is 1. The molecule has 1 N–H and O–H groups in total. The lowest BCUT2D eigenvalue weighted by molar-refractivity contribution is -0.149. The minimum Gasteiger partial charge on any atom is -0.480 e. The summed E-state index contributed by atoms with van der Waals surface area (Å²) in [5, 5.41) is 8.67. The summed E-state index contributed by atoms with van der Waals surface area (Å²) < 4.78 is 0. The zero-order valence-electron chi connectivity index (χ0n) is 9.35. The van der Waals surface area contributed by atoms with Gasteiger partial charge in [-0.3, -0.25) is 9.59 Å². The lowest BCUT2D eigenvalue weighted by Crippen LogP contribution is -2.45. The smallest absolute Gasteiger partial charge is 0.326 e. The van der Waals surface area contributed by atoms with Crippen LogP contribution in [0.3, 0.4) is 0 Å². The van der Waals surface area contributed by atoms with Gasteiger partial charge in [0.2, 0.25) is 11.8 Å². The molecule has 6 nitrogen and oxygen atoms in total. The van der Waals surface area contributed by atoms with Gasteiger partial charge in [-0.1, -0.05) is 0 Å². The van der Waals surface area contributed by atoms with Crippen molar-refractivity contribution in [2.24, 2.45) is 0 Å². The maximum Gasteiger partial charge on any atom is 0.326 e. The van der Waals surface area contributed by atoms with E-state index in [4.69, 9.17) is 5.11 Å². The molecule has 15 heavy (non-hydrogen) atoms. The Balaban J connectivity index is 4.34. The van der Waals surface area contributed by atoms with Gasteiger partial charge in [0.1, 0.15) is 6.04 Å². The molecule has 0 aromatic heterocycles. The van der Waals surface area contributed by atoms with Crippen molar-refractivity contribution in [3.63, 3.8) is 0 Å². The standard InChI is InChI=1S/C9H16N2O4/c1-6(9(14)15)11(4)8(13)5-10(3)7(2)12/h6H,5H2,1-4H3,(H,14,15). The summed E-state index contributed by atoms with van der Waals surface area (Å²) in [6.07, 6.45) is 0. The van der Waals surface area contributed by atoms with Crippen molar-refractivity contribution < 1.29 is 19.5 Å². The number of rotatable bonds is 4. The van der Waals surface area contributed by atoms with E-state index in [1.165, 1.54) is 32.8 Å². The van der Waals surface area contributed by atoms with E-state index in [0.29, 0.717) is 0 Å². The minimum absolute atomic E-state index is 0.108. The predicted molar refractivity (Wildman–Crippen MR) is 53.2 cm³/mol. The van der Waals surface area contributed by atoms with Crippen molar-refractivity contribution in [3.05, 3.63) is 0 Å². The quantitative estimate of drug-likeness (QED) is 0.680. The maximum absolute atomic E-state index is 11.5. The van der Waals surface area contributed by atoms with Gasteiger partial charge in [0.15, 0.2) is 0 Å². The van der Waals surface area contributed by atoms with Crippen LogP contribution in [-0.2, 0) is 14.4 Å². The average Bonchev–Trinajstić information content (AvgIpc) is 2.14. The molecule has 0 aromatic rings. The molecule has 0 bridgehead atoms. The van der Waals surface area contributed by atoms with Crippen LogP contribution in [0.2, 0.25) is 0 Å². The van der Waals surface area contributed by atoms with Crippen LogP contribution in [0.5, 0.6) is 0 Å². The molecule has 0 heterocycles. The Labute approximate surface area is 88.5 Å². The van der Waals surface area contributed by atoms with E-state index in [0.717, 1.165) is 4.90 Å². The Hall–Kier alpha value is -1.59. The number of carbonyl (C=O) groups is 3. The van der Waals surface area contributed by atoms with Gasteiger partial charge in [0.25, 0.3) is 0 Å². The van der Waals surface area contributed by atoms with Crippen molar-refractivity contribution >= 4 is 17.8 Å². The summed E-state index contributed by atoms with van der Waals surface area (Å²) in [5.74, 6) is -1.71. The number of amides is 2. The molecular formula is C9H16N2O4. The molecule has 0 saturated carbocycles. The van der Waals surface area contributed by atoms with Crippen LogP contribution in [0.1, 0.15) is 13.8 Å². The number of hydrogen-bond acceptors (Lipinski definition) is 3. The molecule has 2 amide bonds. The van der Waals surface area contributed by atoms with Crippen LogP contribution < -0.4 is 0 Å². The number of carboxylic acid groups (broad SMARTS) is 1. The highest BCUT2D eigenvalue weighted by molar-refractivity contribution is 5.87. The van der Waals surface area contributed by atoms with E-state index >= 15 is 0 Å². The number of aliphatic carboxylic acids is 1. The molecule has 0 aliphatic heterocycles. The largest absolute Gasteiger partial charge is 0.480 e. The second kappa shape index (κ2) is 5.33. The molecule has 0 radical (unpaired) electrons. The fraction of sp³-hybridized carbons (Fsp3) is 0.667. The topological polar surface area (TPSA) is 77.9 Å². The van der Waals surface area contributed by atoms with Crippen molar-refractivity contribution in [2.45, 2.75) is 19.9 Å². The van der Waals surface area contributed by atoms with Crippen molar-refractivity contribution in [3.8, 4) is 0 Å². The van der Waals surface area contributed by atoms with Crippen LogP contribution in [0.25, 0.3) is 0 Å². The molecule has 0 aromatic carbocycles. The van der Waals surface area contributed by atoms with Gasteiger partial charge in [0.05, 0.1) is 6.54 Å². The van der Waals surface area contributed by atoms with Crippen molar-refractivity contribution in [2.75, 3.05) is 20.6 Å². The first kappa shape index (κ1) is 13.4. The lowest BCUT2D eigenvalue weighted by atomic mass is 10.3. The highest BCUT2D eigenvalue weighted by atomic mass is 16.4. The first-order valence-electron chi connectivity index (χ1n) is 4.47. The van der Waals surface area contributed by atoms with Crippen LogP contribution in [-0.4, -0.2) is 59.4 Å². The molecule has 0 aliphatic carbocycles. The Morgan fingerprint density at radius 1 is 1.27 bits per heavy atom. The molecule has 0 fully saturated rings. The normalized spacial score (nSPS) is 11.7. The van der Waals surface area contributed by atoms with E-state index in [2.05, 4.69) is 0 Å². The first-order chi connectivity index (χ1) is 6.77. The van der Waals surface area contributed by atoms with Gasteiger partial charge in [0, 0.05) is 21.0 Å². The van der Waals surface area contributed by atoms with Gasteiger partial charge in [-0.2, -0.15) is 0 Å². The molecule has 0 aliphatic rings. The van der Waals surface area contributed by atoms with Crippen LogP contribution in [0.15, 0.2) is 0 Å². The molecule has 1 atom stereocenters. The third kappa shape index (κ3) is 3.97. The average molecular weight is 216 g/mol. The summed E-state index contributed by atoms with van der Waals surface area (Å²) in [4.78, 5) is 35.2. The lowest BCUT2D eigenvalue weighted by Gasteiger charge is -2.24. The van der Waals surface area contributed by atoms with Crippen molar-refractivity contribution in [1.29, 1.82) is 0 Å². The summed E-state index contributed by atoms with van der Waals surface area (Å²) in [5.41, 5.74) is 0. The number of nitrogens with zero attached hydrogens (tertiary/aromatic N) is 2. The Bertz CT molecular complexity index is 277. The van der Waals surface area contributed by atoms with E-state index in [-0.39, 0.29) is 12.5 Å². The number of carboxylic acids is 1. The summed E-state index contributed by atoms with van der Waals surface area (Å²) in [6.45, 7) is 2.64. The van der Waals surface area contributed by atoms with Crippen LogP contribution >= 0.6 is 0 Å². The van der Waals surface area contributed by atoms with Gasteiger partial charge in [-0.15, -0.1) is 0 Å². The molecule has 86 valence electrons. The van der Waals surface area contributed by atoms with E-state index < -0.39 is 17.9 Å². The molecule has 6 heteroatoms. The summed E-state index contributed by atoms with van der Waals surface area (Å²) in [7, 11) is 2.88. The highest BCUT2D eigenvalue weighted by Gasteiger charge is 2.22. The molecule has 1 unspecified atom stereocenters. The predicted octanol–water partition coefficient (Wildman–Crippen LogP) is -0.604. The summed E-state index contributed by atoms with van der Waals surface area (Å²) >= 11 is 0. The fourth-order valence-electron chi connectivity index (χ4n) is 0.807. The van der Waals surface area contributed by atoms with E-state index in [9.17, 15) is 14.4 Å². The zero-order chi connectivity index (χ0) is 12.2. The van der Waals surface area contributed by atoms with Gasteiger partial charge in [-0.05, 0) is 6.92 Å². The second-order valence-corrected chi connectivity index (χ2v) is 3.39. The SMILES string of the molecule is CC(=O)N(C)CC(=O)N(C)C(C)C(=O)O. The monoisotopic (exact) mass is 216 g/mol. The number of likely N-dealkylation sites (N-methyl/N-ethyl adjacent to an activating group) is 2. The second-order valence-electron chi connectivity index (χ2n) is 3.39. The Morgan fingerprint density at radius 2 is 1.73 bits per heavy atom. The van der Waals surface area contributed by atoms with Gasteiger partial charge >= 0.3 is 5.97 Å². The Kier molecular flexibility index (Phi) is 4.77. The molecule has 0 saturated heterocycles. The molecule has 0 spiro atoms. The Morgan fingerprint density at radius 3 is 2.07 bits per heavy atom. The fourth-order valence-corrected chi connectivity index (χ4v) is 0.807. The molecule has 0 rings (SSSR count). The number of carbonyl (C=O) groups excluding carboxylic acids is 2. The maximum atomic E-state index is 11.5. The van der Waals surface area contributed by atoms with Crippen molar-refractivity contribution in [1.82, 2.24) is 9.80 Å².